The molecule has 21 heavy (non-hydrogen) atoms. The van der Waals surface area contributed by atoms with Gasteiger partial charge in [-0.05, 0) is 43.9 Å². The van der Waals surface area contributed by atoms with Gasteiger partial charge < -0.3 is 10.4 Å². The molecule has 0 unspecified atom stereocenters. The molecule has 0 aromatic heterocycles. The van der Waals surface area contributed by atoms with Gasteiger partial charge in [0.05, 0.1) is 5.41 Å². The van der Waals surface area contributed by atoms with E-state index in [1.165, 1.54) is 0 Å². The molecule has 1 aromatic carbocycles. The van der Waals surface area contributed by atoms with E-state index in [0.29, 0.717) is 11.4 Å². The van der Waals surface area contributed by atoms with Crippen LogP contribution in [0.2, 0.25) is 5.02 Å². The lowest BCUT2D eigenvalue weighted by Crippen LogP contribution is -2.48. The molecule has 0 saturated carbocycles. The van der Waals surface area contributed by atoms with E-state index in [-0.39, 0.29) is 11.8 Å². The molecule has 0 radical (unpaired) electrons. The molecule has 4 nitrogen and oxygen atoms in total. The standard InChI is InChI=1S/C16H22ClNO3/c1-10(2)8-13(14(19)20)18-15(21)16(3,4)11-6-5-7-12(17)9-11/h5-7,9-10,13H,8H2,1-4H3,(H,18,21)(H,19,20)/t13-/m1/s1. The molecule has 1 atom stereocenters. The van der Waals surface area contributed by atoms with Crippen molar-refractivity contribution < 1.29 is 14.7 Å². The summed E-state index contributed by atoms with van der Waals surface area (Å²) >= 11 is 5.95. The zero-order valence-electron chi connectivity index (χ0n) is 12.8. The van der Waals surface area contributed by atoms with Gasteiger partial charge in [0.1, 0.15) is 6.04 Å². The maximum atomic E-state index is 12.5. The average molecular weight is 312 g/mol. The highest BCUT2D eigenvalue weighted by molar-refractivity contribution is 6.30. The minimum Gasteiger partial charge on any atom is -0.480 e. The molecule has 2 N–H and O–H groups in total. The summed E-state index contributed by atoms with van der Waals surface area (Å²) < 4.78 is 0. The predicted octanol–water partition coefficient (Wildman–Crippen LogP) is 3.23. The third kappa shape index (κ3) is 4.74. The van der Waals surface area contributed by atoms with Gasteiger partial charge in [-0.15, -0.1) is 0 Å². The zero-order chi connectivity index (χ0) is 16.2. The van der Waals surface area contributed by atoms with Crippen LogP contribution in [-0.4, -0.2) is 23.0 Å². The van der Waals surface area contributed by atoms with E-state index in [0.717, 1.165) is 5.56 Å². The van der Waals surface area contributed by atoms with Crippen molar-refractivity contribution in [2.45, 2.75) is 45.6 Å². The van der Waals surface area contributed by atoms with Crippen LogP contribution in [0.5, 0.6) is 0 Å². The largest absolute Gasteiger partial charge is 0.480 e. The van der Waals surface area contributed by atoms with Crippen LogP contribution in [0.1, 0.15) is 39.7 Å². The number of carboxylic acid groups (broad SMARTS) is 1. The monoisotopic (exact) mass is 311 g/mol. The van der Waals surface area contributed by atoms with Gasteiger partial charge in [-0.1, -0.05) is 37.6 Å². The van der Waals surface area contributed by atoms with E-state index in [1.54, 1.807) is 32.0 Å². The second-order valence-corrected chi connectivity index (χ2v) is 6.57. The van der Waals surface area contributed by atoms with Crippen LogP contribution < -0.4 is 5.32 Å². The van der Waals surface area contributed by atoms with Crippen molar-refractivity contribution in [3.63, 3.8) is 0 Å². The lowest BCUT2D eigenvalue weighted by molar-refractivity contribution is -0.143. The molecular weight excluding hydrogens is 290 g/mol. The van der Waals surface area contributed by atoms with Gasteiger partial charge in [-0.3, -0.25) is 4.79 Å². The van der Waals surface area contributed by atoms with Crippen molar-refractivity contribution in [3.05, 3.63) is 34.9 Å². The third-order valence-electron chi connectivity index (χ3n) is 3.42. The highest BCUT2D eigenvalue weighted by atomic mass is 35.5. The first-order valence-electron chi connectivity index (χ1n) is 6.94. The number of carboxylic acids is 1. The van der Waals surface area contributed by atoms with Crippen molar-refractivity contribution in [1.29, 1.82) is 0 Å². The number of amides is 1. The van der Waals surface area contributed by atoms with Gasteiger partial charge >= 0.3 is 5.97 Å². The summed E-state index contributed by atoms with van der Waals surface area (Å²) in [4.78, 5) is 23.7. The van der Waals surface area contributed by atoms with Crippen molar-refractivity contribution >= 4 is 23.5 Å². The van der Waals surface area contributed by atoms with Crippen molar-refractivity contribution in [1.82, 2.24) is 5.32 Å². The fourth-order valence-electron chi connectivity index (χ4n) is 2.04. The summed E-state index contributed by atoms with van der Waals surface area (Å²) in [5.74, 6) is -1.16. The number of rotatable bonds is 6. The zero-order valence-corrected chi connectivity index (χ0v) is 13.6. The first-order valence-corrected chi connectivity index (χ1v) is 7.32. The number of carbonyl (C=O) groups is 2. The van der Waals surface area contributed by atoms with Gasteiger partial charge in [0.15, 0.2) is 0 Å². The lowest BCUT2D eigenvalue weighted by Gasteiger charge is -2.27. The van der Waals surface area contributed by atoms with Crippen LogP contribution in [-0.2, 0) is 15.0 Å². The Morgan fingerprint density at radius 1 is 1.33 bits per heavy atom. The fraction of sp³-hybridized carbons (Fsp3) is 0.500. The molecule has 5 heteroatoms. The second-order valence-electron chi connectivity index (χ2n) is 6.13. The van der Waals surface area contributed by atoms with Gasteiger partial charge in [0.25, 0.3) is 0 Å². The molecule has 0 aliphatic heterocycles. The SMILES string of the molecule is CC(C)C[C@@H](NC(=O)C(C)(C)c1cccc(Cl)c1)C(=O)O. The minimum absolute atomic E-state index is 0.181. The highest BCUT2D eigenvalue weighted by Gasteiger charge is 2.33. The molecule has 1 amide bonds. The average Bonchev–Trinajstić information content (AvgIpc) is 2.37. The van der Waals surface area contributed by atoms with E-state index in [9.17, 15) is 14.7 Å². The van der Waals surface area contributed by atoms with E-state index >= 15 is 0 Å². The van der Waals surface area contributed by atoms with Crippen LogP contribution in [0.3, 0.4) is 0 Å². The summed E-state index contributed by atoms with van der Waals surface area (Å²) in [5.41, 5.74) is -0.101. The normalized spacial score (nSPS) is 13.0. The molecule has 0 aliphatic rings. The van der Waals surface area contributed by atoms with Crippen LogP contribution >= 0.6 is 11.6 Å². The molecule has 1 rings (SSSR count). The molecule has 0 spiro atoms. The minimum atomic E-state index is -1.01. The van der Waals surface area contributed by atoms with E-state index in [1.807, 2.05) is 19.9 Å². The Morgan fingerprint density at radius 2 is 1.95 bits per heavy atom. The molecule has 0 bridgehead atoms. The number of halogens is 1. The van der Waals surface area contributed by atoms with Crippen LogP contribution in [0.25, 0.3) is 0 Å². The summed E-state index contributed by atoms with van der Waals surface area (Å²) in [6.45, 7) is 7.35. The topological polar surface area (TPSA) is 66.4 Å². The van der Waals surface area contributed by atoms with E-state index in [4.69, 9.17) is 11.6 Å². The van der Waals surface area contributed by atoms with Crippen molar-refractivity contribution in [3.8, 4) is 0 Å². The summed E-state index contributed by atoms with van der Waals surface area (Å²) in [6, 6.07) is 6.16. The Hall–Kier alpha value is -1.55. The van der Waals surface area contributed by atoms with Gasteiger partial charge in [0, 0.05) is 5.02 Å². The smallest absolute Gasteiger partial charge is 0.326 e. The van der Waals surface area contributed by atoms with Crippen LogP contribution in [0.4, 0.5) is 0 Å². The highest BCUT2D eigenvalue weighted by Crippen LogP contribution is 2.26. The molecular formula is C16H22ClNO3. The number of carbonyl (C=O) groups excluding carboxylic acids is 1. The van der Waals surface area contributed by atoms with E-state index < -0.39 is 17.4 Å². The Labute approximate surface area is 130 Å². The number of benzene rings is 1. The Balaban J connectivity index is 2.92. The van der Waals surface area contributed by atoms with Crippen LogP contribution in [0.15, 0.2) is 24.3 Å². The molecule has 0 aliphatic carbocycles. The number of nitrogens with one attached hydrogen (secondary N) is 1. The molecule has 1 aromatic rings. The summed E-state index contributed by atoms with van der Waals surface area (Å²) in [5, 5.41) is 12.4. The summed E-state index contributed by atoms with van der Waals surface area (Å²) in [6.07, 6.45) is 0.396. The Bertz CT molecular complexity index is 526. The Kier molecular flexibility index (Phi) is 5.78. The molecule has 0 fully saturated rings. The van der Waals surface area contributed by atoms with Gasteiger partial charge in [0.2, 0.25) is 5.91 Å². The quantitative estimate of drug-likeness (QED) is 0.847. The van der Waals surface area contributed by atoms with E-state index in [2.05, 4.69) is 5.32 Å². The van der Waals surface area contributed by atoms with Gasteiger partial charge in [-0.2, -0.15) is 0 Å². The Morgan fingerprint density at radius 3 is 2.43 bits per heavy atom. The van der Waals surface area contributed by atoms with Crippen LogP contribution in [0, 0.1) is 5.92 Å². The fourth-order valence-corrected chi connectivity index (χ4v) is 2.23. The first kappa shape index (κ1) is 17.5. The third-order valence-corrected chi connectivity index (χ3v) is 3.66. The molecule has 0 saturated heterocycles. The lowest BCUT2D eigenvalue weighted by atomic mass is 9.83. The predicted molar refractivity (Wildman–Crippen MR) is 83.5 cm³/mol. The number of hydrogen-bond donors (Lipinski definition) is 2. The molecule has 0 heterocycles. The maximum absolute atomic E-state index is 12.5. The number of aliphatic carboxylic acids is 1. The van der Waals surface area contributed by atoms with Gasteiger partial charge in [-0.25, -0.2) is 4.79 Å². The maximum Gasteiger partial charge on any atom is 0.326 e. The second kappa shape index (κ2) is 6.94. The van der Waals surface area contributed by atoms with Crippen molar-refractivity contribution in [2.24, 2.45) is 5.92 Å². The molecule has 116 valence electrons. The van der Waals surface area contributed by atoms with Crippen molar-refractivity contribution in [2.75, 3.05) is 0 Å². The first-order chi connectivity index (χ1) is 9.64. The summed E-state index contributed by atoms with van der Waals surface area (Å²) in [7, 11) is 0. The number of hydrogen-bond acceptors (Lipinski definition) is 2.